The third-order valence-electron chi connectivity index (χ3n) is 1.20. The van der Waals surface area contributed by atoms with Gasteiger partial charge >= 0.3 is 11.9 Å². The SMILES string of the molecule is CCOC(=O)C(=O)OCCCCCl. The molecule has 0 aliphatic heterocycles. The lowest BCUT2D eigenvalue weighted by Gasteiger charge is -2.02. The Kier molecular flexibility index (Phi) is 7.39. The van der Waals surface area contributed by atoms with Gasteiger partial charge in [0.05, 0.1) is 13.2 Å². The van der Waals surface area contributed by atoms with Crippen LogP contribution in [0, 0.1) is 0 Å². The first-order chi connectivity index (χ1) is 6.22. The molecule has 4 nitrogen and oxygen atoms in total. The fourth-order valence-corrected chi connectivity index (χ4v) is 0.799. The van der Waals surface area contributed by atoms with Gasteiger partial charge in [0.2, 0.25) is 0 Å². The van der Waals surface area contributed by atoms with Crippen molar-refractivity contribution in [2.24, 2.45) is 0 Å². The maximum absolute atomic E-state index is 10.8. The van der Waals surface area contributed by atoms with Crippen LogP contribution in [0.15, 0.2) is 0 Å². The van der Waals surface area contributed by atoms with Crippen LogP contribution < -0.4 is 0 Å². The summed E-state index contributed by atoms with van der Waals surface area (Å²) in [6.07, 6.45) is 1.42. The van der Waals surface area contributed by atoms with Crippen molar-refractivity contribution in [1.29, 1.82) is 0 Å². The molecule has 0 heterocycles. The minimum Gasteiger partial charge on any atom is -0.458 e. The molecule has 0 atom stereocenters. The molecule has 0 saturated carbocycles. The van der Waals surface area contributed by atoms with Gasteiger partial charge in [-0.25, -0.2) is 9.59 Å². The Morgan fingerprint density at radius 3 is 2.31 bits per heavy atom. The van der Waals surface area contributed by atoms with Gasteiger partial charge in [0.25, 0.3) is 0 Å². The van der Waals surface area contributed by atoms with E-state index in [-0.39, 0.29) is 13.2 Å². The van der Waals surface area contributed by atoms with Crippen molar-refractivity contribution in [1.82, 2.24) is 0 Å². The molecule has 0 aromatic rings. The van der Waals surface area contributed by atoms with Crippen LogP contribution in [0.2, 0.25) is 0 Å². The molecule has 0 saturated heterocycles. The van der Waals surface area contributed by atoms with E-state index in [1.54, 1.807) is 6.92 Å². The fraction of sp³-hybridized carbons (Fsp3) is 0.750. The molecule has 5 heteroatoms. The fourth-order valence-electron chi connectivity index (χ4n) is 0.610. The second kappa shape index (κ2) is 7.86. The number of halogens is 1. The van der Waals surface area contributed by atoms with Gasteiger partial charge in [-0.15, -0.1) is 11.6 Å². The Labute approximate surface area is 82.1 Å². The van der Waals surface area contributed by atoms with E-state index in [1.165, 1.54) is 0 Å². The zero-order chi connectivity index (χ0) is 10.1. The summed E-state index contributed by atoms with van der Waals surface area (Å²) in [6, 6.07) is 0. The van der Waals surface area contributed by atoms with Gasteiger partial charge in [0.1, 0.15) is 0 Å². The zero-order valence-corrected chi connectivity index (χ0v) is 8.30. The lowest BCUT2D eigenvalue weighted by molar-refractivity contribution is -0.167. The van der Waals surface area contributed by atoms with Crippen molar-refractivity contribution >= 4 is 23.5 Å². The quantitative estimate of drug-likeness (QED) is 0.294. The van der Waals surface area contributed by atoms with E-state index in [0.717, 1.165) is 6.42 Å². The molecular weight excluding hydrogens is 196 g/mol. The third-order valence-corrected chi connectivity index (χ3v) is 1.47. The largest absolute Gasteiger partial charge is 0.458 e. The van der Waals surface area contributed by atoms with E-state index < -0.39 is 11.9 Å². The zero-order valence-electron chi connectivity index (χ0n) is 7.55. The maximum Gasteiger partial charge on any atom is 0.417 e. The minimum absolute atomic E-state index is 0.176. The van der Waals surface area contributed by atoms with Crippen LogP contribution in [-0.4, -0.2) is 31.0 Å². The van der Waals surface area contributed by atoms with Gasteiger partial charge in [-0.2, -0.15) is 0 Å². The molecule has 13 heavy (non-hydrogen) atoms. The summed E-state index contributed by atoms with van der Waals surface area (Å²) < 4.78 is 9.01. The van der Waals surface area contributed by atoms with Crippen LogP contribution in [0.25, 0.3) is 0 Å². The monoisotopic (exact) mass is 208 g/mol. The first-order valence-corrected chi connectivity index (χ1v) is 4.65. The summed E-state index contributed by atoms with van der Waals surface area (Å²) >= 11 is 5.40. The number of hydrogen-bond acceptors (Lipinski definition) is 4. The van der Waals surface area contributed by atoms with Crippen LogP contribution in [-0.2, 0) is 19.1 Å². The first-order valence-electron chi connectivity index (χ1n) is 4.12. The van der Waals surface area contributed by atoms with Crippen LogP contribution in [0.4, 0.5) is 0 Å². The molecule has 0 aromatic carbocycles. The summed E-state index contributed by atoms with van der Waals surface area (Å²) in [7, 11) is 0. The lowest BCUT2D eigenvalue weighted by Crippen LogP contribution is -2.20. The molecule has 0 unspecified atom stereocenters. The Balaban J connectivity index is 3.44. The summed E-state index contributed by atoms with van der Waals surface area (Å²) in [5, 5.41) is 0. The highest BCUT2D eigenvalue weighted by Gasteiger charge is 2.15. The van der Waals surface area contributed by atoms with Crippen molar-refractivity contribution in [2.75, 3.05) is 19.1 Å². The summed E-state index contributed by atoms with van der Waals surface area (Å²) in [5.41, 5.74) is 0. The standard InChI is InChI=1S/C8H13ClO4/c1-2-12-7(10)8(11)13-6-4-3-5-9/h2-6H2,1H3. The predicted octanol–water partition coefficient (Wildman–Crippen LogP) is 1.11. The van der Waals surface area contributed by atoms with Gasteiger partial charge in [0, 0.05) is 5.88 Å². The van der Waals surface area contributed by atoms with E-state index in [1.807, 2.05) is 0 Å². The molecule has 0 radical (unpaired) electrons. The predicted molar refractivity (Wildman–Crippen MR) is 47.5 cm³/mol. The van der Waals surface area contributed by atoms with Crippen LogP contribution >= 0.6 is 11.6 Å². The molecule has 76 valence electrons. The third kappa shape index (κ3) is 6.40. The highest BCUT2D eigenvalue weighted by atomic mass is 35.5. The molecule has 0 spiro atoms. The molecule has 0 bridgehead atoms. The van der Waals surface area contributed by atoms with Crippen LogP contribution in [0.3, 0.4) is 0 Å². The molecule has 0 fully saturated rings. The number of unbranched alkanes of at least 4 members (excludes halogenated alkanes) is 1. The van der Waals surface area contributed by atoms with Gasteiger partial charge < -0.3 is 9.47 Å². The maximum atomic E-state index is 10.8. The normalized spacial score (nSPS) is 9.38. The molecule has 0 aliphatic rings. The van der Waals surface area contributed by atoms with Crippen molar-refractivity contribution in [3.8, 4) is 0 Å². The lowest BCUT2D eigenvalue weighted by atomic mass is 10.4. The number of hydrogen-bond donors (Lipinski definition) is 0. The average Bonchev–Trinajstić information content (AvgIpc) is 2.12. The van der Waals surface area contributed by atoms with E-state index in [9.17, 15) is 9.59 Å². The molecule has 0 aliphatic carbocycles. The van der Waals surface area contributed by atoms with Gasteiger partial charge in [0.15, 0.2) is 0 Å². The van der Waals surface area contributed by atoms with E-state index in [4.69, 9.17) is 11.6 Å². The van der Waals surface area contributed by atoms with Crippen LogP contribution in [0.5, 0.6) is 0 Å². The molecule has 0 aromatic heterocycles. The van der Waals surface area contributed by atoms with Crippen molar-refractivity contribution in [2.45, 2.75) is 19.8 Å². The average molecular weight is 209 g/mol. The minimum atomic E-state index is -0.937. The summed E-state index contributed by atoms with van der Waals surface area (Å²) in [5.74, 6) is -1.35. The number of carbonyl (C=O) groups is 2. The number of esters is 2. The highest BCUT2D eigenvalue weighted by molar-refractivity contribution is 6.29. The van der Waals surface area contributed by atoms with E-state index >= 15 is 0 Å². The first kappa shape index (κ1) is 12.2. The Morgan fingerprint density at radius 1 is 1.15 bits per heavy atom. The van der Waals surface area contributed by atoms with Crippen molar-refractivity contribution in [3.05, 3.63) is 0 Å². The number of rotatable bonds is 5. The smallest absolute Gasteiger partial charge is 0.417 e. The molecule has 0 amide bonds. The van der Waals surface area contributed by atoms with Gasteiger partial charge in [-0.05, 0) is 19.8 Å². The second-order valence-corrected chi connectivity index (χ2v) is 2.63. The molecule has 0 N–H and O–H groups in total. The molecular formula is C8H13ClO4. The Morgan fingerprint density at radius 2 is 1.77 bits per heavy atom. The highest BCUT2D eigenvalue weighted by Crippen LogP contribution is 1.93. The van der Waals surface area contributed by atoms with E-state index in [0.29, 0.717) is 12.3 Å². The van der Waals surface area contributed by atoms with Gasteiger partial charge in [-0.1, -0.05) is 0 Å². The van der Waals surface area contributed by atoms with Crippen molar-refractivity contribution in [3.63, 3.8) is 0 Å². The van der Waals surface area contributed by atoms with E-state index in [2.05, 4.69) is 9.47 Å². The van der Waals surface area contributed by atoms with Crippen LogP contribution in [0.1, 0.15) is 19.8 Å². The number of ether oxygens (including phenoxy) is 2. The number of alkyl halides is 1. The van der Waals surface area contributed by atoms with Crippen molar-refractivity contribution < 1.29 is 19.1 Å². The number of carbonyl (C=O) groups excluding carboxylic acids is 2. The Bertz CT molecular complexity index is 170. The molecule has 0 rings (SSSR count). The Hall–Kier alpha value is -0.770. The summed E-state index contributed by atoms with van der Waals surface area (Å²) in [6.45, 7) is 2.01. The topological polar surface area (TPSA) is 52.6 Å². The second-order valence-electron chi connectivity index (χ2n) is 2.25. The van der Waals surface area contributed by atoms with Gasteiger partial charge in [-0.3, -0.25) is 0 Å². The summed E-state index contributed by atoms with van der Waals surface area (Å²) in [4.78, 5) is 21.5.